The quantitative estimate of drug-likeness (QED) is 0.435. The zero-order chi connectivity index (χ0) is 7.28. The van der Waals surface area contributed by atoms with Crippen LogP contribution in [0.15, 0.2) is 12.7 Å². The van der Waals surface area contributed by atoms with E-state index in [2.05, 4.69) is 6.58 Å². The summed E-state index contributed by atoms with van der Waals surface area (Å²) in [7, 11) is 3.08. The minimum atomic E-state index is -0.373. The van der Waals surface area contributed by atoms with Gasteiger partial charge in [0.2, 0.25) is 0 Å². The van der Waals surface area contributed by atoms with Crippen molar-refractivity contribution in [2.75, 3.05) is 14.2 Å². The Hall–Kier alpha value is -0.380. The van der Waals surface area contributed by atoms with Gasteiger partial charge in [0, 0.05) is 14.2 Å². The van der Waals surface area contributed by atoms with Gasteiger partial charge in [0.05, 0.1) is 6.04 Å². The molecule has 0 saturated carbocycles. The van der Waals surface area contributed by atoms with Gasteiger partial charge in [0.15, 0.2) is 6.29 Å². The molecule has 0 aromatic carbocycles. The maximum atomic E-state index is 5.47. The van der Waals surface area contributed by atoms with Crippen LogP contribution >= 0.6 is 0 Å². The number of ether oxygens (including phenoxy) is 2. The van der Waals surface area contributed by atoms with E-state index < -0.39 is 0 Å². The van der Waals surface area contributed by atoms with E-state index in [9.17, 15) is 0 Å². The minimum absolute atomic E-state index is 0.250. The second-order valence-electron chi connectivity index (χ2n) is 1.65. The third kappa shape index (κ3) is 2.60. The Kier molecular flexibility index (Phi) is 4.30. The summed E-state index contributed by atoms with van der Waals surface area (Å²) in [6.45, 7) is 3.49. The molecule has 0 bridgehead atoms. The van der Waals surface area contributed by atoms with Crippen LogP contribution in [0.25, 0.3) is 0 Å². The molecule has 9 heavy (non-hydrogen) atoms. The summed E-state index contributed by atoms with van der Waals surface area (Å²) in [5.74, 6) is 0. The molecular weight excluding hydrogens is 118 g/mol. The molecule has 0 saturated heterocycles. The maximum absolute atomic E-state index is 5.47. The monoisotopic (exact) mass is 131 g/mol. The van der Waals surface area contributed by atoms with Crippen LogP contribution in [-0.2, 0) is 9.47 Å². The number of hydrogen-bond donors (Lipinski definition) is 1. The topological polar surface area (TPSA) is 44.5 Å². The van der Waals surface area contributed by atoms with Crippen LogP contribution in [0.2, 0.25) is 0 Å². The smallest absolute Gasteiger partial charge is 0.175 e. The Bertz CT molecular complexity index is 81.1. The highest BCUT2D eigenvalue weighted by molar-refractivity contribution is 4.84. The molecule has 3 nitrogen and oxygen atoms in total. The van der Waals surface area contributed by atoms with Gasteiger partial charge >= 0.3 is 0 Å². The van der Waals surface area contributed by atoms with Crippen molar-refractivity contribution in [3.8, 4) is 0 Å². The van der Waals surface area contributed by atoms with E-state index in [1.54, 1.807) is 6.08 Å². The molecule has 0 aromatic rings. The predicted octanol–water partition coefficient (Wildman–Crippen LogP) is 0.119. The molecule has 54 valence electrons. The van der Waals surface area contributed by atoms with E-state index in [0.717, 1.165) is 0 Å². The van der Waals surface area contributed by atoms with E-state index in [-0.39, 0.29) is 12.3 Å². The van der Waals surface area contributed by atoms with Crippen molar-refractivity contribution < 1.29 is 9.47 Å². The van der Waals surface area contributed by atoms with E-state index in [4.69, 9.17) is 15.2 Å². The van der Waals surface area contributed by atoms with E-state index in [0.29, 0.717) is 0 Å². The van der Waals surface area contributed by atoms with Gasteiger partial charge < -0.3 is 15.2 Å². The molecule has 0 rings (SSSR count). The Morgan fingerprint density at radius 1 is 1.44 bits per heavy atom. The lowest BCUT2D eigenvalue weighted by molar-refractivity contribution is -0.107. The average molecular weight is 131 g/mol. The van der Waals surface area contributed by atoms with E-state index in [1.165, 1.54) is 14.2 Å². The molecule has 0 aliphatic carbocycles. The predicted molar refractivity (Wildman–Crippen MR) is 36.0 cm³/mol. The summed E-state index contributed by atoms with van der Waals surface area (Å²) in [6, 6.07) is -0.250. The lowest BCUT2D eigenvalue weighted by atomic mass is 10.3. The van der Waals surface area contributed by atoms with Crippen LogP contribution < -0.4 is 5.73 Å². The summed E-state index contributed by atoms with van der Waals surface area (Å²) in [5.41, 5.74) is 5.47. The van der Waals surface area contributed by atoms with Gasteiger partial charge in [-0.25, -0.2) is 0 Å². The third-order valence-electron chi connectivity index (χ3n) is 1.05. The standard InChI is InChI=1S/C6H13NO2/c1-4-5(7)6(8-2)9-3/h4-6H,1,7H2,2-3H3. The fourth-order valence-corrected chi connectivity index (χ4v) is 0.522. The summed E-state index contributed by atoms with van der Waals surface area (Å²) < 4.78 is 9.67. The highest BCUT2D eigenvalue weighted by atomic mass is 16.7. The molecule has 1 unspecified atom stereocenters. The molecule has 0 amide bonds. The first-order valence-corrected chi connectivity index (χ1v) is 2.70. The first-order chi connectivity index (χ1) is 4.26. The van der Waals surface area contributed by atoms with Gasteiger partial charge in [-0.15, -0.1) is 6.58 Å². The lowest BCUT2D eigenvalue weighted by Gasteiger charge is -2.16. The second-order valence-corrected chi connectivity index (χ2v) is 1.65. The normalized spacial score (nSPS) is 13.8. The zero-order valence-electron chi connectivity index (χ0n) is 5.83. The van der Waals surface area contributed by atoms with Crippen LogP contribution in [0.3, 0.4) is 0 Å². The van der Waals surface area contributed by atoms with Crippen molar-refractivity contribution in [3.05, 3.63) is 12.7 Å². The zero-order valence-corrected chi connectivity index (χ0v) is 5.83. The van der Waals surface area contributed by atoms with Crippen molar-refractivity contribution in [2.45, 2.75) is 12.3 Å². The summed E-state index contributed by atoms with van der Waals surface area (Å²) >= 11 is 0. The second kappa shape index (κ2) is 4.49. The largest absolute Gasteiger partial charge is 0.354 e. The van der Waals surface area contributed by atoms with Crippen LogP contribution in [0.4, 0.5) is 0 Å². The first-order valence-electron chi connectivity index (χ1n) is 2.70. The van der Waals surface area contributed by atoms with Gasteiger partial charge in [0.1, 0.15) is 0 Å². The van der Waals surface area contributed by atoms with Crippen LogP contribution in [0.1, 0.15) is 0 Å². The van der Waals surface area contributed by atoms with Crippen LogP contribution in [0, 0.1) is 0 Å². The maximum Gasteiger partial charge on any atom is 0.175 e. The van der Waals surface area contributed by atoms with Crippen molar-refractivity contribution in [2.24, 2.45) is 5.73 Å². The fraction of sp³-hybridized carbons (Fsp3) is 0.667. The van der Waals surface area contributed by atoms with Crippen molar-refractivity contribution in [3.63, 3.8) is 0 Å². The Balaban J connectivity index is 3.63. The van der Waals surface area contributed by atoms with Gasteiger partial charge in [-0.1, -0.05) is 6.08 Å². The van der Waals surface area contributed by atoms with Crippen molar-refractivity contribution in [1.29, 1.82) is 0 Å². The number of nitrogens with two attached hydrogens (primary N) is 1. The summed E-state index contributed by atoms with van der Waals surface area (Å²) in [5, 5.41) is 0. The lowest BCUT2D eigenvalue weighted by Crippen LogP contribution is -2.35. The third-order valence-corrected chi connectivity index (χ3v) is 1.05. The molecule has 0 heterocycles. The minimum Gasteiger partial charge on any atom is -0.354 e. The van der Waals surface area contributed by atoms with E-state index in [1.807, 2.05) is 0 Å². The number of hydrogen-bond acceptors (Lipinski definition) is 3. The molecule has 1 atom stereocenters. The van der Waals surface area contributed by atoms with Gasteiger partial charge in [-0.05, 0) is 0 Å². The SMILES string of the molecule is C=CC(N)C(OC)OC. The molecule has 0 radical (unpaired) electrons. The highest BCUT2D eigenvalue weighted by Crippen LogP contribution is 1.95. The number of methoxy groups -OCH3 is 2. The van der Waals surface area contributed by atoms with Crippen molar-refractivity contribution >= 4 is 0 Å². The van der Waals surface area contributed by atoms with Crippen LogP contribution in [-0.4, -0.2) is 26.6 Å². The molecule has 3 heteroatoms. The Morgan fingerprint density at radius 3 is 2.00 bits per heavy atom. The summed E-state index contributed by atoms with van der Waals surface area (Å²) in [6.07, 6.45) is 1.21. The van der Waals surface area contributed by atoms with Gasteiger partial charge in [-0.2, -0.15) is 0 Å². The van der Waals surface area contributed by atoms with E-state index >= 15 is 0 Å². The molecule has 0 spiro atoms. The Labute approximate surface area is 55.4 Å². The molecule has 0 aliphatic rings. The molecular formula is C6H13NO2. The fourth-order valence-electron chi connectivity index (χ4n) is 0.522. The van der Waals surface area contributed by atoms with Crippen molar-refractivity contribution in [1.82, 2.24) is 0 Å². The summed E-state index contributed by atoms with van der Waals surface area (Å²) in [4.78, 5) is 0. The molecule has 0 aliphatic heterocycles. The molecule has 0 fully saturated rings. The van der Waals surface area contributed by atoms with Gasteiger partial charge in [-0.3, -0.25) is 0 Å². The number of rotatable bonds is 4. The Morgan fingerprint density at radius 2 is 1.89 bits per heavy atom. The van der Waals surface area contributed by atoms with Gasteiger partial charge in [0.25, 0.3) is 0 Å². The molecule has 0 aromatic heterocycles. The van der Waals surface area contributed by atoms with Crippen LogP contribution in [0.5, 0.6) is 0 Å². The molecule has 2 N–H and O–H groups in total. The first kappa shape index (κ1) is 8.62. The average Bonchev–Trinajstić information content (AvgIpc) is 1.90. The highest BCUT2D eigenvalue weighted by Gasteiger charge is 2.10.